The smallest absolute Gasteiger partial charge is 0.437 e. The van der Waals surface area contributed by atoms with Crippen molar-refractivity contribution in [2.24, 2.45) is 17.3 Å². The molecule has 2 saturated heterocycles. The fourth-order valence-corrected chi connectivity index (χ4v) is 11.6. The molecule has 16 heteroatoms. The number of benzene rings is 1. The van der Waals surface area contributed by atoms with Crippen LogP contribution in [-0.4, -0.2) is 95.9 Å². The zero-order valence-electron chi connectivity index (χ0n) is 35.8. The number of aromatic nitrogens is 1. The van der Waals surface area contributed by atoms with Gasteiger partial charge >= 0.3 is 12.1 Å². The van der Waals surface area contributed by atoms with Crippen LogP contribution in [0.25, 0.3) is 10.9 Å². The first kappa shape index (κ1) is 44.6. The molecular formula is C46H59F3N4O8S. The van der Waals surface area contributed by atoms with Gasteiger partial charge in [-0.1, -0.05) is 43.0 Å². The van der Waals surface area contributed by atoms with Crippen LogP contribution in [0.4, 0.5) is 13.2 Å². The second kappa shape index (κ2) is 17.2. The van der Waals surface area contributed by atoms with Crippen LogP contribution >= 0.6 is 0 Å². The summed E-state index contributed by atoms with van der Waals surface area (Å²) in [5.41, 5.74) is -2.62. The van der Waals surface area contributed by atoms with E-state index < -0.39 is 84.9 Å². The number of likely N-dealkylation sites (tertiary alicyclic amines) is 1. The number of ketones is 1. The fourth-order valence-electron chi connectivity index (χ4n) is 10.2. The number of amides is 2. The van der Waals surface area contributed by atoms with E-state index >= 15 is 0 Å². The molecule has 1 aromatic carbocycles. The summed E-state index contributed by atoms with van der Waals surface area (Å²) in [5, 5.41) is 0.535. The number of ether oxygens (including phenoxy) is 2. The quantitative estimate of drug-likeness (QED) is 0.156. The molecule has 4 aliphatic heterocycles. The molecule has 0 unspecified atom stereocenters. The summed E-state index contributed by atoms with van der Waals surface area (Å²) in [5.74, 6) is -4.03. The van der Waals surface area contributed by atoms with Crippen molar-refractivity contribution in [2.75, 3.05) is 32.8 Å². The molecule has 4 fully saturated rings. The topological polar surface area (TPSA) is 152 Å². The molecule has 2 aromatic rings. The van der Waals surface area contributed by atoms with Gasteiger partial charge in [0.15, 0.2) is 17.2 Å². The number of alkyl halides is 3. The average molecular weight is 885 g/mol. The van der Waals surface area contributed by atoms with E-state index in [0.29, 0.717) is 49.5 Å². The largest absolute Gasteiger partial charge is 0.483 e. The van der Waals surface area contributed by atoms with Crippen LogP contribution < -0.4 is 9.46 Å². The van der Waals surface area contributed by atoms with Crippen LogP contribution in [0, 0.1) is 24.2 Å². The van der Waals surface area contributed by atoms with Crippen molar-refractivity contribution in [2.45, 2.75) is 146 Å². The number of aryl methyl sites for hydroxylation is 2. The van der Waals surface area contributed by atoms with Gasteiger partial charge in [0.25, 0.3) is 0 Å². The van der Waals surface area contributed by atoms with E-state index in [1.54, 1.807) is 25.1 Å². The maximum Gasteiger partial charge on any atom is 0.437 e. The summed E-state index contributed by atoms with van der Waals surface area (Å²) in [6.07, 6.45) is 6.85. The molecule has 2 aliphatic carbocycles. The molecule has 0 radical (unpaired) electrons. The highest BCUT2D eigenvalue weighted by atomic mass is 32.2. The Morgan fingerprint density at radius 3 is 2.53 bits per heavy atom. The number of halogens is 3. The van der Waals surface area contributed by atoms with Crippen LogP contribution in [0.1, 0.15) is 126 Å². The number of Topliss-reactive ketones (excluding diaryl/α,β-unsaturated/α-hetero) is 1. The molecule has 1 aromatic heterocycles. The molecule has 5 atom stereocenters. The van der Waals surface area contributed by atoms with E-state index in [0.717, 1.165) is 50.9 Å². The molecule has 338 valence electrons. The van der Waals surface area contributed by atoms with Gasteiger partial charge in [-0.2, -0.15) is 13.2 Å². The van der Waals surface area contributed by atoms with E-state index in [-0.39, 0.29) is 57.2 Å². The minimum Gasteiger partial charge on any atom is -0.483 e. The van der Waals surface area contributed by atoms with Crippen molar-refractivity contribution < 1.29 is 50.2 Å². The van der Waals surface area contributed by atoms with Crippen LogP contribution in [0.2, 0.25) is 0 Å². The molecule has 1 N–H and O–H groups in total. The van der Waals surface area contributed by atoms with Gasteiger partial charge in [-0.15, -0.1) is 0 Å². The second-order valence-electron chi connectivity index (χ2n) is 19.2. The molecule has 2 saturated carbocycles. The molecule has 62 heavy (non-hydrogen) atoms. The number of nitrogens with zero attached hydrogens (tertiary/aromatic N) is 3. The van der Waals surface area contributed by atoms with Crippen LogP contribution in [0.15, 0.2) is 30.4 Å². The summed E-state index contributed by atoms with van der Waals surface area (Å²) < 4.78 is 84.3. The molecule has 1 spiro atoms. The zero-order chi connectivity index (χ0) is 44.1. The second-order valence-corrected chi connectivity index (χ2v) is 21.4. The Morgan fingerprint density at radius 2 is 1.79 bits per heavy atom. The lowest BCUT2D eigenvalue weighted by Crippen LogP contribution is -2.48. The van der Waals surface area contributed by atoms with Crippen molar-refractivity contribution >= 4 is 44.5 Å². The van der Waals surface area contributed by atoms with Crippen molar-refractivity contribution in [3.63, 3.8) is 0 Å². The summed E-state index contributed by atoms with van der Waals surface area (Å²) >= 11 is 0. The summed E-state index contributed by atoms with van der Waals surface area (Å²) in [7, 11) is -4.04. The number of sulfonamides is 1. The number of piperidine rings is 1. The lowest BCUT2D eigenvalue weighted by Gasteiger charge is -2.37. The Morgan fingerprint density at radius 1 is 1.03 bits per heavy atom. The molecule has 5 heterocycles. The standard InChI is InChI=1S/C46H59F3N4O8S/c1-30-14-15-35-34(24-30)33-16-17-44(61-39(33)40(50-35)46(47,48)49)27-36-37(54)28-45(42(57)51-62(58,59)43(2)18-19-43)26-32(45)13-8-5-3-4-7-12-31(41(56)53(36)29-44)25-38(55)60-23-11-22-52-20-9-6-10-21-52/h8,13-15,24,31-32,36H,3-7,9-12,16-23,25-29H2,1-2H3,(H,51,57)/b13-8-/t31-,32-,36+,44-,45-/m1/s1. The number of hydrogen-bond donors (Lipinski definition) is 1. The highest BCUT2D eigenvalue weighted by Crippen LogP contribution is 2.58. The predicted octanol–water partition coefficient (Wildman–Crippen LogP) is 7.14. The number of carbonyl (C=O) groups excluding carboxylic acids is 4. The van der Waals surface area contributed by atoms with E-state index in [4.69, 9.17) is 9.47 Å². The van der Waals surface area contributed by atoms with Crippen LogP contribution in [0.3, 0.4) is 0 Å². The highest BCUT2D eigenvalue weighted by Gasteiger charge is 2.63. The van der Waals surface area contributed by atoms with Crippen molar-refractivity contribution in [3.05, 3.63) is 47.2 Å². The minimum absolute atomic E-state index is 0.150. The van der Waals surface area contributed by atoms with Gasteiger partial charge in [-0.05, 0) is 116 Å². The summed E-state index contributed by atoms with van der Waals surface area (Å²) in [4.78, 5) is 65.0. The van der Waals surface area contributed by atoms with Crippen LogP contribution in [-0.2, 0) is 46.5 Å². The van der Waals surface area contributed by atoms with Gasteiger partial charge < -0.3 is 19.3 Å². The normalized spacial score (nSPS) is 29.7. The van der Waals surface area contributed by atoms with E-state index in [1.807, 2.05) is 19.1 Å². The number of nitrogens with one attached hydrogen (secondary N) is 1. The molecule has 0 bridgehead atoms. The van der Waals surface area contributed by atoms with Gasteiger partial charge in [0.05, 0.1) is 41.3 Å². The number of allylic oxidation sites excluding steroid dienone is 2. The highest BCUT2D eigenvalue weighted by molar-refractivity contribution is 7.91. The summed E-state index contributed by atoms with van der Waals surface area (Å²) in [6, 6.07) is 3.81. The van der Waals surface area contributed by atoms with Crippen LogP contribution in [0.5, 0.6) is 5.75 Å². The van der Waals surface area contributed by atoms with E-state index in [9.17, 15) is 40.8 Å². The van der Waals surface area contributed by atoms with Crippen molar-refractivity contribution in [1.82, 2.24) is 19.5 Å². The lowest BCUT2D eigenvalue weighted by molar-refractivity contribution is -0.150. The number of pyridine rings is 1. The third-order valence-electron chi connectivity index (χ3n) is 14.5. The SMILES string of the molecule is Cc1ccc2nc(C(F)(F)F)c3c(c2c1)CC[C@]1(C[C@H]2C(=O)C[C@]4(C(=O)NS(=O)(=O)C5(C)CC5)C[C@H]4/C=C\CCCCC[C@H](CC(=O)OCCCN4CCCCC4)C(=O)N2C1)O3. The maximum absolute atomic E-state index is 14.9. The third kappa shape index (κ3) is 9.14. The maximum atomic E-state index is 14.9. The Balaban J connectivity index is 1.10. The Bertz CT molecular complexity index is 2240. The van der Waals surface area contributed by atoms with Gasteiger partial charge in [-0.3, -0.25) is 23.9 Å². The first-order valence-corrected chi connectivity index (χ1v) is 24.1. The number of hydrogen-bond acceptors (Lipinski definition) is 10. The number of rotatable bonds is 9. The van der Waals surface area contributed by atoms with Crippen molar-refractivity contribution in [3.8, 4) is 5.75 Å². The monoisotopic (exact) mass is 884 g/mol. The summed E-state index contributed by atoms with van der Waals surface area (Å²) in [6.45, 7) is 6.23. The molecule has 12 nitrogen and oxygen atoms in total. The average Bonchev–Trinajstić information content (AvgIpc) is 4.12. The van der Waals surface area contributed by atoms with Gasteiger partial charge in [-0.25, -0.2) is 13.4 Å². The first-order chi connectivity index (χ1) is 29.4. The number of fused-ring (bicyclic) bond motifs is 5. The van der Waals surface area contributed by atoms with E-state index in [2.05, 4.69) is 14.6 Å². The first-order valence-electron chi connectivity index (χ1n) is 22.6. The van der Waals surface area contributed by atoms with Gasteiger partial charge in [0, 0.05) is 36.3 Å². The Hall–Kier alpha value is -4.05. The zero-order valence-corrected chi connectivity index (χ0v) is 36.6. The van der Waals surface area contributed by atoms with Gasteiger partial charge in [0.1, 0.15) is 5.60 Å². The Labute approximate surface area is 361 Å². The number of carbonyl (C=O) groups is 4. The van der Waals surface area contributed by atoms with E-state index in [1.165, 1.54) is 11.3 Å². The minimum atomic E-state index is -4.87. The molecule has 8 rings (SSSR count). The number of esters is 1. The van der Waals surface area contributed by atoms with Crippen molar-refractivity contribution in [1.29, 1.82) is 0 Å². The lowest BCUT2D eigenvalue weighted by atomic mass is 9.85. The molecular weight excluding hydrogens is 826 g/mol. The Kier molecular flexibility index (Phi) is 12.3. The van der Waals surface area contributed by atoms with Gasteiger partial charge in [0.2, 0.25) is 21.8 Å². The predicted molar refractivity (Wildman–Crippen MR) is 224 cm³/mol. The fraction of sp³-hybridized carbons (Fsp3) is 0.674. The third-order valence-corrected chi connectivity index (χ3v) is 16.6. The molecule has 2 amide bonds. The molecule has 6 aliphatic rings.